The number of carboxylic acid groups (broad SMARTS) is 1. The lowest BCUT2D eigenvalue weighted by atomic mass is 10.2. The van der Waals surface area contributed by atoms with E-state index < -0.39 is 18.4 Å². The highest BCUT2D eigenvalue weighted by Gasteiger charge is 2.19. The first-order valence-electron chi connectivity index (χ1n) is 6.88. The number of ether oxygens (including phenoxy) is 2. The van der Waals surface area contributed by atoms with Gasteiger partial charge in [0.25, 0.3) is 5.91 Å². The zero-order valence-electron chi connectivity index (χ0n) is 12.3. The van der Waals surface area contributed by atoms with Gasteiger partial charge in [0, 0.05) is 6.07 Å². The van der Waals surface area contributed by atoms with Gasteiger partial charge in [0.05, 0.1) is 11.4 Å². The van der Waals surface area contributed by atoms with E-state index in [0.717, 1.165) is 0 Å². The molecule has 9 nitrogen and oxygen atoms in total. The van der Waals surface area contributed by atoms with Gasteiger partial charge in [-0.3, -0.25) is 9.59 Å². The minimum Gasteiger partial charge on any atom is -0.486 e. The topological polar surface area (TPSA) is 116 Å². The molecule has 0 radical (unpaired) electrons. The highest BCUT2D eigenvalue weighted by molar-refractivity contribution is 5.94. The van der Waals surface area contributed by atoms with Crippen molar-refractivity contribution in [2.75, 3.05) is 19.8 Å². The van der Waals surface area contributed by atoms with Gasteiger partial charge in [-0.05, 0) is 19.1 Å². The van der Waals surface area contributed by atoms with Gasteiger partial charge in [-0.1, -0.05) is 5.21 Å². The van der Waals surface area contributed by atoms with E-state index in [0.29, 0.717) is 36.1 Å². The zero-order chi connectivity index (χ0) is 16.4. The molecule has 0 saturated carbocycles. The third-order valence-corrected chi connectivity index (χ3v) is 3.28. The first-order valence-corrected chi connectivity index (χ1v) is 6.88. The summed E-state index contributed by atoms with van der Waals surface area (Å²) in [6.07, 6.45) is 0. The molecule has 2 aromatic rings. The summed E-state index contributed by atoms with van der Waals surface area (Å²) in [4.78, 5) is 22.4. The molecule has 0 atom stereocenters. The molecule has 1 aromatic heterocycles. The number of nitrogens with one attached hydrogen (secondary N) is 1. The Balaban J connectivity index is 1.87. The molecule has 2 heterocycles. The van der Waals surface area contributed by atoms with E-state index in [1.165, 1.54) is 4.68 Å². The molecule has 0 fully saturated rings. The third kappa shape index (κ3) is 2.93. The van der Waals surface area contributed by atoms with E-state index in [1.807, 2.05) is 0 Å². The van der Waals surface area contributed by atoms with Crippen molar-refractivity contribution in [3.63, 3.8) is 0 Å². The van der Waals surface area contributed by atoms with Crippen LogP contribution in [-0.2, 0) is 4.79 Å². The fraction of sp³-hybridized carbons (Fsp3) is 0.286. The number of aliphatic carboxylic acids is 1. The van der Waals surface area contributed by atoms with Crippen LogP contribution in [-0.4, -0.2) is 51.7 Å². The number of carboxylic acids is 1. The summed E-state index contributed by atoms with van der Waals surface area (Å²) in [5.41, 5.74) is 1.22. The Morgan fingerprint density at radius 1 is 1.30 bits per heavy atom. The summed E-state index contributed by atoms with van der Waals surface area (Å²) in [6, 6.07) is 5.28. The van der Waals surface area contributed by atoms with Gasteiger partial charge in [-0.2, -0.15) is 0 Å². The quantitative estimate of drug-likeness (QED) is 0.825. The standard InChI is InChI=1S/C14H14N4O5/c1-8-13(14(21)15-7-12(19)20)16-17-18(8)9-2-3-10-11(6-9)23-5-4-22-10/h2-3,6H,4-5,7H2,1H3,(H,15,21)(H,19,20). The molecule has 0 aliphatic carbocycles. The molecule has 0 bridgehead atoms. The van der Waals surface area contributed by atoms with E-state index >= 15 is 0 Å². The monoisotopic (exact) mass is 318 g/mol. The third-order valence-electron chi connectivity index (χ3n) is 3.28. The maximum absolute atomic E-state index is 11.9. The minimum absolute atomic E-state index is 0.0705. The fourth-order valence-electron chi connectivity index (χ4n) is 2.19. The summed E-state index contributed by atoms with van der Waals surface area (Å²) in [6.45, 7) is 2.17. The minimum atomic E-state index is -1.13. The van der Waals surface area contributed by atoms with Crippen LogP contribution in [0.2, 0.25) is 0 Å². The number of amides is 1. The largest absolute Gasteiger partial charge is 0.486 e. The van der Waals surface area contributed by atoms with Gasteiger partial charge in [0.15, 0.2) is 17.2 Å². The molecule has 1 amide bonds. The van der Waals surface area contributed by atoms with Crippen LogP contribution >= 0.6 is 0 Å². The Kier molecular flexibility index (Phi) is 3.83. The predicted molar refractivity (Wildman–Crippen MR) is 77.1 cm³/mol. The Labute approximate surface area is 130 Å². The molecule has 9 heteroatoms. The van der Waals surface area contributed by atoms with E-state index in [4.69, 9.17) is 14.6 Å². The molecule has 120 valence electrons. The molecular weight excluding hydrogens is 304 g/mol. The molecule has 0 unspecified atom stereocenters. The maximum atomic E-state index is 11.9. The summed E-state index contributed by atoms with van der Waals surface area (Å²) >= 11 is 0. The van der Waals surface area contributed by atoms with Gasteiger partial charge in [-0.15, -0.1) is 5.10 Å². The molecule has 23 heavy (non-hydrogen) atoms. The van der Waals surface area contributed by atoms with Crippen LogP contribution in [0.1, 0.15) is 16.2 Å². The van der Waals surface area contributed by atoms with Gasteiger partial charge in [0.1, 0.15) is 19.8 Å². The van der Waals surface area contributed by atoms with Crippen LogP contribution < -0.4 is 14.8 Å². The number of benzene rings is 1. The molecule has 1 aromatic carbocycles. The van der Waals surface area contributed by atoms with Crippen molar-refractivity contribution in [3.8, 4) is 17.2 Å². The molecule has 1 aliphatic heterocycles. The number of carbonyl (C=O) groups excluding carboxylic acids is 1. The van der Waals surface area contributed by atoms with Gasteiger partial charge >= 0.3 is 5.97 Å². The van der Waals surface area contributed by atoms with Crippen molar-refractivity contribution >= 4 is 11.9 Å². The summed E-state index contributed by atoms with van der Waals surface area (Å²) < 4.78 is 12.4. The summed E-state index contributed by atoms with van der Waals surface area (Å²) in [5.74, 6) is -0.471. The van der Waals surface area contributed by atoms with Crippen molar-refractivity contribution in [2.24, 2.45) is 0 Å². The first kappa shape index (κ1) is 14.8. The highest BCUT2D eigenvalue weighted by Crippen LogP contribution is 2.32. The smallest absolute Gasteiger partial charge is 0.322 e. The lowest BCUT2D eigenvalue weighted by Crippen LogP contribution is -2.30. The van der Waals surface area contributed by atoms with Crippen LogP contribution in [0.5, 0.6) is 11.5 Å². The normalized spacial score (nSPS) is 12.7. The molecular formula is C14H14N4O5. The van der Waals surface area contributed by atoms with Crippen LogP contribution in [0, 0.1) is 6.92 Å². The van der Waals surface area contributed by atoms with Gasteiger partial charge in [-0.25, -0.2) is 4.68 Å². The number of carbonyl (C=O) groups is 2. The van der Waals surface area contributed by atoms with Crippen molar-refractivity contribution in [1.29, 1.82) is 0 Å². The Morgan fingerprint density at radius 2 is 2.04 bits per heavy atom. The number of hydrogen-bond donors (Lipinski definition) is 2. The van der Waals surface area contributed by atoms with Crippen molar-refractivity contribution < 1.29 is 24.2 Å². The molecule has 0 saturated heterocycles. The van der Waals surface area contributed by atoms with E-state index in [9.17, 15) is 9.59 Å². The zero-order valence-corrected chi connectivity index (χ0v) is 12.3. The average molecular weight is 318 g/mol. The summed E-state index contributed by atoms with van der Waals surface area (Å²) in [7, 11) is 0. The van der Waals surface area contributed by atoms with Crippen LogP contribution in [0.15, 0.2) is 18.2 Å². The van der Waals surface area contributed by atoms with Crippen molar-refractivity contribution in [2.45, 2.75) is 6.92 Å². The highest BCUT2D eigenvalue weighted by atomic mass is 16.6. The van der Waals surface area contributed by atoms with Gasteiger partial charge < -0.3 is 19.9 Å². The van der Waals surface area contributed by atoms with E-state index in [2.05, 4.69) is 15.6 Å². The van der Waals surface area contributed by atoms with Crippen molar-refractivity contribution in [1.82, 2.24) is 20.3 Å². The second-order valence-corrected chi connectivity index (χ2v) is 4.84. The summed E-state index contributed by atoms with van der Waals surface area (Å²) in [5, 5.41) is 18.6. The van der Waals surface area contributed by atoms with E-state index in [-0.39, 0.29) is 5.69 Å². The SMILES string of the molecule is Cc1c(C(=O)NCC(=O)O)nnn1-c1ccc2c(c1)OCCO2. The number of hydrogen-bond acceptors (Lipinski definition) is 6. The van der Waals surface area contributed by atoms with Crippen LogP contribution in [0.25, 0.3) is 5.69 Å². The molecule has 0 spiro atoms. The Hall–Kier alpha value is -3.10. The average Bonchev–Trinajstić information content (AvgIpc) is 2.93. The van der Waals surface area contributed by atoms with Crippen LogP contribution in [0.4, 0.5) is 0 Å². The Morgan fingerprint density at radius 3 is 2.78 bits per heavy atom. The molecule has 2 N–H and O–H groups in total. The number of rotatable bonds is 4. The molecule has 3 rings (SSSR count). The lowest BCUT2D eigenvalue weighted by Gasteiger charge is -2.18. The maximum Gasteiger partial charge on any atom is 0.322 e. The second kappa shape index (κ2) is 5.95. The van der Waals surface area contributed by atoms with Crippen molar-refractivity contribution in [3.05, 3.63) is 29.6 Å². The predicted octanol–water partition coefficient (Wildman–Crippen LogP) is 0.161. The fourth-order valence-corrected chi connectivity index (χ4v) is 2.19. The number of nitrogens with zero attached hydrogens (tertiary/aromatic N) is 3. The number of aromatic nitrogens is 3. The van der Waals surface area contributed by atoms with Crippen LogP contribution in [0.3, 0.4) is 0 Å². The van der Waals surface area contributed by atoms with Gasteiger partial charge in [0.2, 0.25) is 0 Å². The Bertz CT molecular complexity index is 771. The lowest BCUT2D eigenvalue weighted by molar-refractivity contribution is -0.135. The molecule has 1 aliphatic rings. The first-order chi connectivity index (χ1) is 11.1. The van der Waals surface area contributed by atoms with E-state index in [1.54, 1.807) is 25.1 Å². The number of fused-ring (bicyclic) bond motifs is 1. The second-order valence-electron chi connectivity index (χ2n) is 4.84.